The first-order valence-electron chi connectivity index (χ1n) is 7.75. The first-order chi connectivity index (χ1) is 10.0. The molecule has 1 aliphatic heterocycles. The fraction of sp³-hybridized carbons (Fsp3) is 0.625. The molecular weight excluding hydrogens is 335 g/mol. The van der Waals surface area contributed by atoms with Crippen LogP contribution in [0.5, 0.6) is 0 Å². The lowest BCUT2D eigenvalue weighted by Crippen LogP contribution is -2.48. The van der Waals surface area contributed by atoms with Gasteiger partial charge < -0.3 is 16.0 Å². The smallest absolute Gasteiger partial charge is 0.253 e. The molecule has 0 aromatic carbocycles. The second-order valence-corrected chi connectivity index (χ2v) is 6.35. The van der Waals surface area contributed by atoms with E-state index in [0.29, 0.717) is 12.1 Å². The summed E-state index contributed by atoms with van der Waals surface area (Å²) in [7, 11) is 0. The summed E-state index contributed by atoms with van der Waals surface area (Å²) >= 11 is 0. The number of carbonyl (C=O) groups is 1. The van der Waals surface area contributed by atoms with Crippen LogP contribution >= 0.6 is 24.8 Å². The average Bonchev–Trinajstić information content (AvgIpc) is 2.76. The van der Waals surface area contributed by atoms with Crippen molar-refractivity contribution in [2.75, 3.05) is 24.5 Å². The summed E-state index contributed by atoms with van der Waals surface area (Å²) in [6, 6.07) is 3.78. The monoisotopic (exact) mass is 362 g/mol. The molecule has 2 heterocycles. The average molecular weight is 363 g/mol. The first-order valence-corrected chi connectivity index (χ1v) is 7.75. The SMILES string of the molecule is CC(C)(CN)NC(=O)c1ccc(N2CCCCCC2)nc1.Cl.Cl. The minimum atomic E-state index is -0.402. The van der Waals surface area contributed by atoms with Gasteiger partial charge in [0.1, 0.15) is 5.82 Å². The minimum absolute atomic E-state index is 0. The fourth-order valence-corrected chi connectivity index (χ4v) is 2.44. The highest BCUT2D eigenvalue weighted by atomic mass is 35.5. The van der Waals surface area contributed by atoms with E-state index in [2.05, 4.69) is 15.2 Å². The Bertz CT molecular complexity index is 471. The van der Waals surface area contributed by atoms with E-state index in [1.807, 2.05) is 26.0 Å². The molecule has 0 bridgehead atoms. The predicted molar refractivity (Wildman–Crippen MR) is 100 cm³/mol. The van der Waals surface area contributed by atoms with E-state index in [1.165, 1.54) is 25.7 Å². The van der Waals surface area contributed by atoms with Crippen LogP contribution in [0.4, 0.5) is 5.82 Å². The number of anilines is 1. The molecule has 1 saturated heterocycles. The van der Waals surface area contributed by atoms with Crippen molar-refractivity contribution >= 4 is 36.5 Å². The zero-order valence-corrected chi connectivity index (χ0v) is 15.5. The molecule has 5 nitrogen and oxygen atoms in total. The van der Waals surface area contributed by atoms with Crippen molar-refractivity contribution in [2.45, 2.75) is 45.1 Å². The van der Waals surface area contributed by atoms with Crippen LogP contribution in [0.15, 0.2) is 18.3 Å². The molecule has 3 N–H and O–H groups in total. The first kappa shape index (κ1) is 22.0. The molecule has 0 spiro atoms. The van der Waals surface area contributed by atoms with E-state index >= 15 is 0 Å². The predicted octanol–water partition coefficient (Wildman–Crippen LogP) is 2.77. The van der Waals surface area contributed by atoms with E-state index in [9.17, 15) is 4.79 Å². The Balaban J connectivity index is 0.00000242. The van der Waals surface area contributed by atoms with Crippen LogP contribution in [0.2, 0.25) is 0 Å². The second-order valence-electron chi connectivity index (χ2n) is 6.35. The van der Waals surface area contributed by atoms with Gasteiger partial charge in [0.2, 0.25) is 0 Å². The molecule has 1 amide bonds. The van der Waals surface area contributed by atoms with Gasteiger partial charge in [-0.1, -0.05) is 12.8 Å². The Morgan fingerprint density at radius 3 is 2.30 bits per heavy atom. The fourth-order valence-electron chi connectivity index (χ4n) is 2.44. The molecule has 0 saturated carbocycles. The third-order valence-corrected chi connectivity index (χ3v) is 3.90. The van der Waals surface area contributed by atoms with Crippen LogP contribution in [0, 0.1) is 0 Å². The van der Waals surface area contributed by atoms with Crippen LogP contribution in [0.25, 0.3) is 0 Å². The number of nitrogens with one attached hydrogen (secondary N) is 1. The maximum absolute atomic E-state index is 12.1. The van der Waals surface area contributed by atoms with Gasteiger partial charge in [0, 0.05) is 31.4 Å². The third-order valence-electron chi connectivity index (χ3n) is 3.90. The summed E-state index contributed by atoms with van der Waals surface area (Å²) in [5.41, 5.74) is 5.81. The summed E-state index contributed by atoms with van der Waals surface area (Å²) in [5, 5.41) is 2.91. The summed E-state index contributed by atoms with van der Waals surface area (Å²) in [6.45, 7) is 6.32. The van der Waals surface area contributed by atoms with Gasteiger partial charge in [-0.3, -0.25) is 4.79 Å². The van der Waals surface area contributed by atoms with Gasteiger partial charge in [0.25, 0.3) is 5.91 Å². The van der Waals surface area contributed by atoms with Crippen LogP contribution in [-0.2, 0) is 0 Å². The van der Waals surface area contributed by atoms with Crippen molar-refractivity contribution in [2.24, 2.45) is 5.73 Å². The zero-order chi connectivity index (χ0) is 15.3. The Kier molecular flexibility index (Phi) is 9.51. The normalized spacial score (nSPS) is 15.0. The number of rotatable bonds is 4. The molecule has 0 unspecified atom stereocenters. The maximum atomic E-state index is 12.1. The van der Waals surface area contributed by atoms with Gasteiger partial charge in [-0.15, -0.1) is 24.8 Å². The Morgan fingerprint density at radius 2 is 1.83 bits per heavy atom. The van der Waals surface area contributed by atoms with E-state index in [0.717, 1.165) is 18.9 Å². The number of halogens is 2. The van der Waals surface area contributed by atoms with Crippen molar-refractivity contribution < 1.29 is 4.79 Å². The highest BCUT2D eigenvalue weighted by Crippen LogP contribution is 2.17. The number of nitrogens with zero attached hydrogens (tertiary/aromatic N) is 2. The molecule has 2 rings (SSSR count). The number of pyridine rings is 1. The lowest BCUT2D eigenvalue weighted by atomic mass is 10.1. The highest BCUT2D eigenvalue weighted by molar-refractivity contribution is 5.94. The number of hydrogen-bond acceptors (Lipinski definition) is 4. The van der Waals surface area contributed by atoms with Crippen molar-refractivity contribution in [1.29, 1.82) is 0 Å². The number of amides is 1. The van der Waals surface area contributed by atoms with E-state index in [4.69, 9.17) is 5.73 Å². The Labute approximate surface area is 151 Å². The van der Waals surface area contributed by atoms with Crippen LogP contribution in [-0.4, -0.2) is 36.1 Å². The van der Waals surface area contributed by atoms with Crippen molar-refractivity contribution in [3.8, 4) is 0 Å². The van der Waals surface area contributed by atoms with Crippen molar-refractivity contribution in [3.63, 3.8) is 0 Å². The highest BCUT2D eigenvalue weighted by Gasteiger charge is 2.19. The van der Waals surface area contributed by atoms with E-state index in [-0.39, 0.29) is 30.7 Å². The van der Waals surface area contributed by atoms with Crippen LogP contribution < -0.4 is 16.0 Å². The molecule has 1 aromatic rings. The standard InChI is InChI=1S/C16H26N4O.2ClH/c1-16(2,12-17)19-15(21)13-7-8-14(18-11-13)20-9-5-3-4-6-10-20;;/h7-8,11H,3-6,9-10,12,17H2,1-2H3,(H,19,21);2*1H. The molecule has 1 aliphatic rings. The largest absolute Gasteiger partial charge is 0.357 e. The van der Waals surface area contributed by atoms with Crippen molar-refractivity contribution in [3.05, 3.63) is 23.9 Å². The molecule has 23 heavy (non-hydrogen) atoms. The molecular formula is C16H28Cl2N4O. The van der Waals surface area contributed by atoms with Gasteiger partial charge in [0.15, 0.2) is 0 Å². The molecule has 0 radical (unpaired) electrons. The Hall–Kier alpha value is -1.04. The summed E-state index contributed by atoms with van der Waals surface area (Å²) in [6.07, 6.45) is 6.68. The molecule has 1 fully saturated rings. The number of carbonyl (C=O) groups excluding carboxylic acids is 1. The molecule has 0 aliphatic carbocycles. The van der Waals surface area contributed by atoms with E-state index < -0.39 is 5.54 Å². The zero-order valence-electron chi connectivity index (χ0n) is 13.9. The van der Waals surface area contributed by atoms with Gasteiger partial charge in [-0.05, 0) is 38.8 Å². The van der Waals surface area contributed by atoms with Crippen LogP contribution in [0.3, 0.4) is 0 Å². The summed E-state index contributed by atoms with van der Waals surface area (Å²) < 4.78 is 0. The molecule has 7 heteroatoms. The molecule has 1 aromatic heterocycles. The van der Waals surface area contributed by atoms with E-state index in [1.54, 1.807) is 6.20 Å². The summed E-state index contributed by atoms with van der Waals surface area (Å²) in [5.74, 6) is 0.840. The lowest BCUT2D eigenvalue weighted by Gasteiger charge is -2.24. The Morgan fingerprint density at radius 1 is 1.22 bits per heavy atom. The summed E-state index contributed by atoms with van der Waals surface area (Å²) in [4.78, 5) is 18.9. The lowest BCUT2D eigenvalue weighted by molar-refractivity contribution is 0.0915. The van der Waals surface area contributed by atoms with Gasteiger partial charge in [-0.25, -0.2) is 4.98 Å². The number of aromatic nitrogens is 1. The topological polar surface area (TPSA) is 71.2 Å². The number of hydrogen-bond donors (Lipinski definition) is 2. The quantitative estimate of drug-likeness (QED) is 0.863. The minimum Gasteiger partial charge on any atom is -0.357 e. The molecule has 0 atom stereocenters. The third kappa shape index (κ3) is 6.53. The van der Waals surface area contributed by atoms with Gasteiger partial charge >= 0.3 is 0 Å². The second kappa shape index (κ2) is 9.96. The van der Waals surface area contributed by atoms with Gasteiger partial charge in [-0.2, -0.15) is 0 Å². The maximum Gasteiger partial charge on any atom is 0.253 e. The molecule has 132 valence electrons. The number of nitrogens with two attached hydrogens (primary N) is 1. The van der Waals surface area contributed by atoms with Crippen LogP contribution in [0.1, 0.15) is 49.9 Å². The van der Waals surface area contributed by atoms with Gasteiger partial charge in [0.05, 0.1) is 5.56 Å². The van der Waals surface area contributed by atoms with Crippen molar-refractivity contribution in [1.82, 2.24) is 10.3 Å².